The Kier molecular flexibility index (Phi) is 6.05. The van der Waals surface area contributed by atoms with Gasteiger partial charge in [-0.1, -0.05) is 42.5 Å². The van der Waals surface area contributed by atoms with Crippen LogP contribution in [0.1, 0.15) is 19.3 Å². The standard InChI is InChI=1S/C27H23F5N4O2/c28-17-11-26(9-4-10-36(26)13-17)14-38-25-34-23-20(24(35-25)37-15-27(30,31)32)12-33-22(21(23)29)19-8-3-6-16-5-1-2-7-18(16)19/h1-3,5-8,12,17H,4,9-11,13-15H2/t17-,26+/m1/s1. The Bertz CT molecular complexity index is 1510. The second-order valence-corrected chi connectivity index (χ2v) is 9.79. The molecule has 2 fully saturated rings. The van der Waals surface area contributed by atoms with Crippen LogP contribution in [-0.4, -0.2) is 64.0 Å². The summed E-state index contributed by atoms with van der Waals surface area (Å²) in [5.41, 5.74) is -0.338. The number of pyridine rings is 1. The van der Waals surface area contributed by atoms with Crippen molar-refractivity contribution in [3.05, 3.63) is 54.5 Å². The zero-order valence-corrected chi connectivity index (χ0v) is 20.1. The lowest BCUT2D eigenvalue weighted by molar-refractivity contribution is -0.153. The minimum atomic E-state index is -4.64. The van der Waals surface area contributed by atoms with Gasteiger partial charge in [-0.25, -0.2) is 8.78 Å². The number of halogens is 5. The van der Waals surface area contributed by atoms with Crippen LogP contribution in [0.5, 0.6) is 11.9 Å². The summed E-state index contributed by atoms with van der Waals surface area (Å²) >= 11 is 0. The van der Waals surface area contributed by atoms with Crippen molar-refractivity contribution in [3.63, 3.8) is 0 Å². The number of ether oxygens (including phenoxy) is 2. The Morgan fingerprint density at radius 2 is 1.84 bits per heavy atom. The van der Waals surface area contributed by atoms with E-state index in [9.17, 15) is 17.6 Å². The lowest BCUT2D eigenvalue weighted by atomic mass is 9.95. The fourth-order valence-corrected chi connectivity index (χ4v) is 5.60. The van der Waals surface area contributed by atoms with Gasteiger partial charge < -0.3 is 9.47 Å². The number of hydrogen-bond donors (Lipinski definition) is 0. The van der Waals surface area contributed by atoms with Crippen molar-refractivity contribution in [2.45, 2.75) is 37.1 Å². The van der Waals surface area contributed by atoms with Crippen LogP contribution < -0.4 is 9.47 Å². The van der Waals surface area contributed by atoms with Crippen LogP contribution in [0.15, 0.2) is 48.7 Å². The van der Waals surface area contributed by atoms with Crippen molar-refractivity contribution >= 4 is 21.7 Å². The minimum absolute atomic E-state index is 0.0163. The summed E-state index contributed by atoms with van der Waals surface area (Å²) in [5.74, 6) is -1.33. The Morgan fingerprint density at radius 1 is 1.03 bits per heavy atom. The minimum Gasteiger partial charge on any atom is -0.467 e. The summed E-state index contributed by atoms with van der Waals surface area (Å²) in [6.45, 7) is -0.569. The van der Waals surface area contributed by atoms with Gasteiger partial charge in [-0.15, -0.1) is 0 Å². The fourth-order valence-electron chi connectivity index (χ4n) is 5.60. The number of aromatic nitrogens is 3. The Hall–Kier alpha value is -3.60. The summed E-state index contributed by atoms with van der Waals surface area (Å²) in [6, 6.07) is 12.4. The number of benzene rings is 2. The maximum atomic E-state index is 16.0. The normalized spacial score (nSPS) is 21.8. The summed E-state index contributed by atoms with van der Waals surface area (Å²) < 4.78 is 79.8. The van der Waals surface area contributed by atoms with E-state index in [1.54, 1.807) is 12.1 Å². The molecule has 0 bridgehead atoms. The van der Waals surface area contributed by atoms with E-state index in [-0.39, 0.29) is 35.6 Å². The first kappa shape index (κ1) is 24.7. The molecule has 2 aliphatic rings. The van der Waals surface area contributed by atoms with Gasteiger partial charge >= 0.3 is 12.2 Å². The highest BCUT2D eigenvalue weighted by Crippen LogP contribution is 2.41. The highest BCUT2D eigenvalue weighted by atomic mass is 19.4. The topological polar surface area (TPSA) is 60.4 Å². The van der Waals surface area contributed by atoms with Crippen molar-refractivity contribution in [2.24, 2.45) is 0 Å². The zero-order chi connectivity index (χ0) is 26.5. The van der Waals surface area contributed by atoms with Gasteiger partial charge in [-0.05, 0) is 30.2 Å². The molecule has 0 radical (unpaired) electrons. The smallest absolute Gasteiger partial charge is 0.422 e. The van der Waals surface area contributed by atoms with Crippen LogP contribution in [-0.2, 0) is 0 Å². The van der Waals surface area contributed by atoms with E-state index in [0.29, 0.717) is 18.5 Å². The van der Waals surface area contributed by atoms with Gasteiger partial charge in [0, 0.05) is 24.7 Å². The van der Waals surface area contributed by atoms with Crippen molar-refractivity contribution in [1.82, 2.24) is 19.9 Å². The van der Waals surface area contributed by atoms with E-state index >= 15 is 4.39 Å². The molecule has 38 heavy (non-hydrogen) atoms. The molecule has 4 aromatic rings. The molecule has 0 amide bonds. The van der Waals surface area contributed by atoms with Gasteiger partial charge in [0.1, 0.15) is 24.0 Å². The van der Waals surface area contributed by atoms with Gasteiger partial charge in [0.05, 0.1) is 10.9 Å². The molecule has 6 rings (SSSR count). The molecule has 0 N–H and O–H groups in total. The highest BCUT2D eigenvalue weighted by molar-refractivity contribution is 5.98. The molecule has 6 nitrogen and oxygen atoms in total. The van der Waals surface area contributed by atoms with Crippen LogP contribution in [0.4, 0.5) is 22.0 Å². The predicted molar refractivity (Wildman–Crippen MR) is 130 cm³/mol. The maximum Gasteiger partial charge on any atom is 0.422 e. The van der Waals surface area contributed by atoms with Gasteiger partial charge in [0.2, 0.25) is 5.88 Å². The molecule has 11 heteroatoms. The number of alkyl halides is 4. The molecule has 2 saturated heterocycles. The molecule has 0 spiro atoms. The molecule has 0 aliphatic carbocycles. The van der Waals surface area contributed by atoms with Crippen LogP contribution in [0, 0.1) is 5.82 Å². The third kappa shape index (κ3) is 4.48. The zero-order valence-electron chi connectivity index (χ0n) is 20.1. The second-order valence-electron chi connectivity index (χ2n) is 9.79. The van der Waals surface area contributed by atoms with Gasteiger partial charge in [-0.2, -0.15) is 23.1 Å². The molecule has 4 heterocycles. The first-order chi connectivity index (χ1) is 18.2. The van der Waals surface area contributed by atoms with Gasteiger partial charge in [0.15, 0.2) is 12.4 Å². The van der Waals surface area contributed by atoms with Crippen molar-refractivity contribution in [2.75, 3.05) is 26.3 Å². The van der Waals surface area contributed by atoms with Gasteiger partial charge in [-0.3, -0.25) is 9.88 Å². The molecule has 2 aliphatic heterocycles. The third-order valence-corrected chi connectivity index (χ3v) is 7.28. The van der Waals surface area contributed by atoms with Crippen molar-refractivity contribution < 1.29 is 31.4 Å². The molecular weight excluding hydrogens is 507 g/mol. The van der Waals surface area contributed by atoms with E-state index in [0.717, 1.165) is 23.7 Å². The molecule has 198 valence electrons. The molecule has 2 atom stereocenters. The average molecular weight is 530 g/mol. The fraction of sp³-hybridized carbons (Fsp3) is 0.370. The Balaban J connectivity index is 1.42. The Morgan fingerprint density at radius 3 is 2.68 bits per heavy atom. The van der Waals surface area contributed by atoms with Crippen molar-refractivity contribution in [3.8, 4) is 23.1 Å². The predicted octanol–water partition coefficient (Wildman–Crippen LogP) is 5.88. The number of fused-ring (bicyclic) bond motifs is 3. The lowest BCUT2D eigenvalue weighted by Crippen LogP contribution is -2.43. The maximum absolute atomic E-state index is 16.0. The number of hydrogen-bond acceptors (Lipinski definition) is 6. The summed E-state index contributed by atoms with van der Waals surface area (Å²) in [7, 11) is 0. The molecule has 0 unspecified atom stereocenters. The molecular formula is C27H23F5N4O2. The summed E-state index contributed by atoms with van der Waals surface area (Å²) in [6.07, 6.45) is -2.56. The molecule has 0 saturated carbocycles. The summed E-state index contributed by atoms with van der Waals surface area (Å²) in [5, 5.41) is 1.51. The monoisotopic (exact) mass is 530 g/mol. The van der Waals surface area contributed by atoms with E-state index in [4.69, 9.17) is 9.47 Å². The van der Waals surface area contributed by atoms with Crippen LogP contribution in [0.25, 0.3) is 32.9 Å². The third-order valence-electron chi connectivity index (χ3n) is 7.28. The highest BCUT2D eigenvalue weighted by Gasteiger charge is 2.49. The Labute approximate surface area is 214 Å². The van der Waals surface area contributed by atoms with E-state index in [1.165, 1.54) is 6.20 Å². The summed E-state index contributed by atoms with van der Waals surface area (Å²) in [4.78, 5) is 14.5. The first-order valence-electron chi connectivity index (χ1n) is 12.3. The first-order valence-corrected chi connectivity index (χ1v) is 12.3. The molecule has 2 aromatic carbocycles. The number of rotatable bonds is 6. The van der Waals surface area contributed by atoms with Gasteiger partial charge in [0.25, 0.3) is 0 Å². The van der Waals surface area contributed by atoms with E-state index in [2.05, 4.69) is 15.0 Å². The lowest BCUT2D eigenvalue weighted by Gasteiger charge is -2.30. The average Bonchev–Trinajstić information content (AvgIpc) is 3.41. The largest absolute Gasteiger partial charge is 0.467 e. The van der Waals surface area contributed by atoms with E-state index < -0.39 is 36.2 Å². The molecule has 2 aromatic heterocycles. The van der Waals surface area contributed by atoms with Crippen LogP contribution >= 0.6 is 0 Å². The van der Waals surface area contributed by atoms with Crippen molar-refractivity contribution in [1.29, 1.82) is 0 Å². The SMILES string of the molecule is Fc1c(-c2cccc3ccccc23)ncc2c(OCC(F)(F)F)nc(OC[C@@]34CCCN3C[C@H](F)C4)nc12. The van der Waals surface area contributed by atoms with Crippen LogP contribution in [0.2, 0.25) is 0 Å². The number of nitrogens with zero attached hydrogens (tertiary/aromatic N) is 4. The quantitative estimate of drug-likeness (QED) is 0.290. The second kappa shape index (κ2) is 9.30. The van der Waals surface area contributed by atoms with E-state index in [1.807, 2.05) is 35.2 Å². The van der Waals surface area contributed by atoms with Crippen LogP contribution in [0.3, 0.4) is 0 Å².